The lowest BCUT2D eigenvalue weighted by molar-refractivity contribution is -0.385. The van der Waals surface area contributed by atoms with E-state index in [0.717, 1.165) is 12.5 Å². The largest absolute Gasteiger partial charge is 0.339 e. The van der Waals surface area contributed by atoms with Crippen LogP contribution in [0, 0.1) is 22.9 Å². The fourth-order valence-electron chi connectivity index (χ4n) is 4.50. The summed E-state index contributed by atoms with van der Waals surface area (Å²) in [7, 11) is -3.94. The van der Waals surface area contributed by atoms with Gasteiger partial charge in [-0.3, -0.25) is 14.9 Å². The molecule has 0 aromatic heterocycles. The molecule has 0 bridgehead atoms. The first-order valence-electron chi connectivity index (χ1n) is 10.5. The van der Waals surface area contributed by atoms with E-state index in [0.29, 0.717) is 24.0 Å². The highest BCUT2D eigenvalue weighted by Gasteiger charge is 2.48. The van der Waals surface area contributed by atoms with Gasteiger partial charge in [0.2, 0.25) is 15.9 Å². The van der Waals surface area contributed by atoms with E-state index in [2.05, 4.69) is 0 Å². The first kappa shape index (κ1) is 22.3. The maximum absolute atomic E-state index is 13.8. The fraction of sp³-hybridized carbons (Fsp3) is 0.409. The monoisotopic (exact) mass is 461 g/mol. The lowest BCUT2D eigenvalue weighted by atomic mass is 9.63. The van der Waals surface area contributed by atoms with Crippen LogP contribution in [0.15, 0.2) is 47.4 Å². The summed E-state index contributed by atoms with van der Waals surface area (Å²) >= 11 is 0. The third-order valence-corrected chi connectivity index (χ3v) is 8.56. The summed E-state index contributed by atoms with van der Waals surface area (Å²) in [6, 6.07) is 9.90. The minimum absolute atomic E-state index is 0.0927. The number of amides is 1. The van der Waals surface area contributed by atoms with Crippen LogP contribution in [0.5, 0.6) is 0 Å². The SMILES string of the molecule is Cc1ccc([N+](=O)[O-])cc1S(=O)(=O)N1CCN(C(=O)C2(c3cccc(F)c3)CCC2)CC1. The molecule has 1 saturated carbocycles. The number of rotatable bonds is 5. The molecule has 0 unspecified atom stereocenters. The van der Waals surface area contributed by atoms with Gasteiger partial charge in [-0.1, -0.05) is 24.6 Å². The van der Waals surface area contributed by atoms with Gasteiger partial charge in [-0.2, -0.15) is 4.31 Å². The lowest BCUT2D eigenvalue weighted by Crippen LogP contribution is -2.57. The fourth-order valence-corrected chi connectivity index (χ4v) is 6.16. The van der Waals surface area contributed by atoms with Gasteiger partial charge in [-0.05, 0) is 43.0 Å². The Morgan fingerprint density at radius 2 is 1.78 bits per heavy atom. The summed E-state index contributed by atoms with van der Waals surface area (Å²) in [5.41, 5.74) is 0.0504. The summed E-state index contributed by atoms with van der Waals surface area (Å²) in [4.78, 5) is 25.4. The number of hydrogen-bond donors (Lipinski definition) is 0. The minimum Gasteiger partial charge on any atom is -0.339 e. The van der Waals surface area contributed by atoms with Crippen LogP contribution in [0.25, 0.3) is 0 Å². The van der Waals surface area contributed by atoms with Crippen molar-refractivity contribution in [1.82, 2.24) is 9.21 Å². The van der Waals surface area contributed by atoms with Crippen molar-refractivity contribution < 1.29 is 22.5 Å². The van der Waals surface area contributed by atoms with Crippen molar-refractivity contribution >= 4 is 21.6 Å². The van der Waals surface area contributed by atoms with E-state index in [1.165, 1.54) is 28.6 Å². The topological polar surface area (TPSA) is 101 Å². The number of sulfonamides is 1. The van der Waals surface area contributed by atoms with Crippen molar-refractivity contribution in [2.24, 2.45) is 0 Å². The van der Waals surface area contributed by atoms with Crippen molar-refractivity contribution in [1.29, 1.82) is 0 Å². The summed E-state index contributed by atoms with van der Waals surface area (Å²) in [5.74, 6) is -0.484. The molecule has 4 rings (SSSR count). The molecule has 0 radical (unpaired) electrons. The van der Waals surface area contributed by atoms with Crippen molar-refractivity contribution in [3.8, 4) is 0 Å². The second kappa shape index (κ2) is 8.25. The average molecular weight is 462 g/mol. The summed E-state index contributed by atoms with van der Waals surface area (Å²) in [5, 5.41) is 11.1. The highest BCUT2D eigenvalue weighted by Crippen LogP contribution is 2.45. The molecule has 170 valence electrons. The van der Waals surface area contributed by atoms with Gasteiger partial charge in [0.05, 0.1) is 15.2 Å². The number of nitro benzene ring substituents is 1. The van der Waals surface area contributed by atoms with Gasteiger partial charge in [0.1, 0.15) is 5.82 Å². The van der Waals surface area contributed by atoms with Gasteiger partial charge in [-0.15, -0.1) is 0 Å². The maximum Gasteiger partial charge on any atom is 0.270 e. The second-order valence-electron chi connectivity index (χ2n) is 8.35. The van der Waals surface area contributed by atoms with Crippen LogP contribution in [-0.4, -0.2) is 54.6 Å². The molecule has 2 aromatic rings. The Morgan fingerprint density at radius 1 is 1.09 bits per heavy atom. The molecule has 32 heavy (non-hydrogen) atoms. The van der Waals surface area contributed by atoms with Gasteiger partial charge in [-0.25, -0.2) is 12.8 Å². The lowest BCUT2D eigenvalue weighted by Gasteiger charge is -2.46. The molecule has 1 amide bonds. The van der Waals surface area contributed by atoms with E-state index in [4.69, 9.17) is 0 Å². The van der Waals surface area contributed by atoms with Crippen LogP contribution in [0.2, 0.25) is 0 Å². The van der Waals surface area contributed by atoms with Gasteiger partial charge in [0, 0.05) is 38.3 Å². The molecule has 10 heteroatoms. The summed E-state index contributed by atoms with van der Waals surface area (Å²) in [6.07, 6.45) is 2.16. The zero-order valence-electron chi connectivity index (χ0n) is 17.7. The second-order valence-corrected chi connectivity index (χ2v) is 10.3. The maximum atomic E-state index is 13.8. The smallest absolute Gasteiger partial charge is 0.270 e. The number of aryl methyl sites for hydroxylation is 1. The van der Waals surface area contributed by atoms with E-state index in [1.807, 2.05) is 0 Å². The molecule has 2 aromatic carbocycles. The average Bonchev–Trinajstić information content (AvgIpc) is 2.73. The predicted octanol–water partition coefficient (Wildman–Crippen LogP) is 3.00. The van der Waals surface area contributed by atoms with E-state index >= 15 is 0 Å². The van der Waals surface area contributed by atoms with E-state index in [-0.39, 0.29) is 48.5 Å². The van der Waals surface area contributed by atoms with Crippen molar-refractivity contribution in [3.63, 3.8) is 0 Å². The number of carbonyl (C=O) groups excluding carboxylic acids is 1. The van der Waals surface area contributed by atoms with Gasteiger partial charge < -0.3 is 4.90 Å². The van der Waals surface area contributed by atoms with Crippen LogP contribution in [-0.2, 0) is 20.2 Å². The number of piperazine rings is 1. The Morgan fingerprint density at radius 3 is 2.34 bits per heavy atom. The number of hydrogen-bond acceptors (Lipinski definition) is 5. The van der Waals surface area contributed by atoms with Crippen LogP contribution in [0.1, 0.15) is 30.4 Å². The minimum atomic E-state index is -3.94. The van der Waals surface area contributed by atoms with Crippen molar-refractivity contribution in [2.75, 3.05) is 26.2 Å². The van der Waals surface area contributed by atoms with Crippen LogP contribution in [0.3, 0.4) is 0 Å². The molecular weight excluding hydrogens is 437 g/mol. The molecule has 0 atom stereocenters. The number of carbonyl (C=O) groups is 1. The van der Waals surface area contributed by atoms with E-state index in [9.17, 15) is 27.7 Å². The van der Waals surface area contributed by atoms with Gasteiger partial charge in [0.15, 0.2) is 0 Å². The zero-order chi connectivity index (χ0) is 23.1. The first-order valence-corrected chi connectivity index (χ1v) is 11.9. The predicted molar refractivity (Wildman–Crippen MR) is 115 cm³/mol. The van der Waals surface area contributed by atoms with Crippen LogP contribution in [0.4, 0.5) is 10.1 Å². The Hall–Kier alpha value is -2.85. The van der Waals surface area contributed by atoms with Crippen LogP contribution >= 0.6 is 0 Å². The summed E-state index contributed by atoms with van der Waals surface area (Å²) in [6.45, 7) is 2.20. The molecule has 1 aliphatic heterocycles. The standard InChI is InChI=1S/C22H24FN3O5S/c1-16-6-7-19(26(28)29)15-20(16)32(30,31)25-12-10-24(11-13-25)21(27)22(8-3-9-22)17-4-2-5-18(23)14-17/h2,4-7,14-15H,3,8-13H2,1H3. The Balaban J connectivity index is 1.51. The molecule has 1 aliphatic carbocycles. The molecule has 2 aliphatic rings. The molecule has 2 fully saturated rings. The van der Waals surface area contributed by atoms with E-state index < -0.39 is 20.4 Å². The number of benzene rings is 2. The third kappa shape index (κ3) is 3.77. The molecule has 8 nitrogen and oxygen atoms in total. The third-order valence-electron chi connectivity index (χ3n) is 6.52. The molecular formula is C22H24FN3O5S. The Kier molecular flexibility index (Phi) is 5.76. The number of nitrogens with zero attached hydrogens (tertiary/aromatic N) is 3. The molecule has 0 N–H and O–H groups in total. The van der Waals surface area contributed by atoms with Gasteiger partial charge in [0.25, 0.3) is 5.69 Å². The zero-order valence-corrected chi connectivity index (χ0v) is 18.5. The van der Waals surface area contributed by atoms with Crippen molar-refractivity contribution in [3.05, 3.63) is 69.5 Å². The Labute approximate surface area is 185 Å². The summed E-state index contributed by atoms with van der Waals surface area (Å²) < 4.78 is 41.3. The van der Waals surface area contributed by atoms with Crippen molar-refractivity contribution in [2.45, 2.75) is 36.5 Å². The highest BCUT2D eigenvalue weighted by molar-refractivity contribution is 7.89. The number of halogens is 1. The van der Waals surface area contributed by atoms with Crippen LogP contribution < -0.4 is 0 Å². The molecule has 1 heterocycles. The molecule has 1 saturated heterocycles. The first-order chi connectivity index (χ1) is 15.1. The number of non-ortho nitro benzene ring substituents is 1. The quantitative estimate of drug-likeness (QED) is 0.503. The Bertz CT molecular complexity index is 1170. The van der Waals surface area contributed by atoms with Gasteiger partial charge >= 0.3 is 0 Å². The van der Waals surface area contributed by atoms with E-state index in [1.54, 1.807) is 24.0 Å². The molecule has 0 spiro atoms. The normalized spacial score (nSPS) is 18.8. The number of nitro groups is 1. The highest BCUT2D eigenvalue weighted by atomic mass is 32.2.